The fourth-order valence-corrected chi connectivity index (χ4v) is 2.13. The molecule has 1 aliphatic heterocycles. The third-order valence-electron chi connectivity index (χ3n) is 3.22. The molecule has 1 N–H and O–H groups in total. The first-order valence-corrected chi connectivity index (χ1v) is 6.33. The standard InChI is InChI=1S/C14H16F2N2O/c15-14(16)11-5-3-10(4-6-11)13(8-17)18-9-12-2-1-7-19-12/h3-6,12-14,18H,1-2,7,9H2. The average molecular weight is 266 g/mol. The summed E-state index contributed by atoms with van der Waals surface area (Å²) in [7, 11) is 0. The monoisotopic (exact) mass is 266 g/mol. The van der Waals surface area contributed by atoms with Crippen LogP contribution in [0.5, 0.6) is 0 Å². The molecule has 1 aliphatic rings. The molecule has 19 heavy (non-hydrogen) atoms. The summed E-state index contributed by atoms with van der Waals surface area (Å²) in [5, 5.41) is 12.2. The summed E-state index contributed by atoms with van der Waals surface area (Å²) >= 11 is 0. The normalized spacial score (nSPS) is 20.4. The Kier molecular flexibility index (Phi) is 4.83. The van der Waals surface area contributed by atoms with E-state index in [1.807, 2.05) is 0 Å². The van der Waals surface area contributed by atoms with Gasteiger partial charge in [0.15, 0.2) is 0 Å². The maximum atomic E-state index is 12.4. The number of alkyl halides is 2. The minimum Gasteiger partial charge on any atom is -0.377 e. The fourth-order valence-electron chi connectivity index (χ4n) is 2.13. The lowest BCUT2D eigenvalue weighted by atomic mass is 10.1. The summed E-state index contributed by atoms with van der Waals surface area (Å²) in [6, 6.07) is 7.50. The molecule has 1 heterocycles. The molecule has 2 unspecified atom stereocenters. The van der Waals surface area contributed by atoms with Crippen molar-refractivity contribution in [1.82, 2.24) is 5.32 Å². The highest BCUT2D eigenvalue weighted by Gasteiger charge is 2.18. The summed E-state index contributed by atoms with van der Waals surface area (Å²) < 4.78 is 30.3. The van der Waals surface area contributed by atoms with Crippen LogP contribution in [0.15, 0.2) is 24.3 Å². The van der Waals surface area contributed by atoms with Gasteiger partial charge in [0.25, 0.3) is 6.43 Å². The number of hydrogen-bond donors (Lipinski definition) is 1. The molecule has 0 radical (unpaired) electrons. The topological polar surface area (TPSA) is 45.0 Å². The Bertz CT molecular complexity index is 436. The van der Waals surface area contributed by atoms with Crippen molar-refractivity contribution in [3.8, 4) is 6.07 Å². The van der Waals surface area contributed by atoms with Crippen molar-refractivity contribution in [3.05, 3.63) is 35.4 Å². The molecule has 1 aromatic rings. The summed E-state index contributed by atoms with van der Waals surface area (Å²) in [6.07, 6.45) is -0.284. The largest absolute Gasteiger partial charge is 0.377 e. The van der Waals surface area contributed by atoms with E-state index in [2.05, 4.69) is 11.4 Å². The molecule has 0 amide bonds. The molecule has 0 aromatic heterocycles. The number of rotatable bonds is 5. The van der Waals surface area contributed by atoms with Gasteiger partial charge in [0.2, 0.25) is 0 Å². The highest BCUT2D eigenvalue weighted by atomic mass is 19.3. The molecule has 0 spiro atoms. The van der Waals surface area contributed by atoms with Crippen LogP contribution >= 0.6 is 0 Å². The van der Waals surface area contributed by atoms with E-state index in [0.717, 1.165) is 19.4 Å². The molecule has 5 heteroatoms. The van der Waals surface area contributed by atoms with Gasteiger partial charge in [0, 0.05) is 18.7 Å². The van der Waals surface area contributed by atoms with Crippen LogP contribution in [0.4, 0.5) is 8.78 Å². The molecule has 3 nitrogen and oxygen atoms in total. The first-order valence-electron chi connectivity index (χ1n) is 6.33. The van der Waals surface area contributed by atoms with E-state index in [4.69, 9.17) is 10.00 Å². The molecule has 1 saturated heterocycles. The lowest BCUT2D eigenvalue weighted by Crippen LogP contribution is -2.29. The molecule has 2 rings (SSSR count). The van der Waals surface area contributed by atoms with E-state index in [-0.39, 0.29) is 11.7 Å². The molecular formula is C14H16F2N2O. The van der Waals surface area contributed by atoms with Crippen LogP contribution in [0.1, 0.15) is 36.4 Å². The van der Waals surface area contributed by atoms with Gasteiger partial charge in [-0.15, -0.1) is 0 Å². The zero-order valence-corrected chi connectivity index (χ0v) is 10.5. The lowest BCUT2D eigenvalue weighted by molar-refractivity contribution is 0.109. The fraction of sp³-hybridized carbons (Fsp3) is 0.500. The second kappa shape index (κ2) is 6.60. The van der Waals surface area contributed by atoms with Crippen LogP contribution in [-0.4, -0.2) is 19.3 Å². The Morgan fingerprint density at radius 2 is 2.00 bits per heavy atom. The number of hydrogen-bond acceptors (Lipinski definition) is 3. The van der Waals surface area contributed by atoms with Crippen molar-refractivity contribution >= 4 is 0 Å². The Labute approximate surface area is 111 Å². The number of nitrogens with one attached hydrogen (secondary N) is 1. The molecular weight excluding hydrogens is 250 g/mol. The first-order chi connectivity index (χ1) is 9.20. The van der Waals surface area contributed by atoms with Crippen molar-refractivity contribution in [2.75, 3.05) is 13.2 Å². The van der Waals surface area contributed by atoms with Crippen molar-refractivity contribution in [1.29, 1.82) is 5.26 Å². The zero-order valence-electron chi connectivity index (χ0n) is 10.5. The predicted molar refractivity (Wildman–Crippen MR) is 66.7 cm³/mol. The minimum absolute atomic E-state index is 0.0282. The van der Waals surface area contributed by atoms with Gasteiger partial charge in [-0.25, -0.2) is 8.78 Å². The van der Waals surface area contributed by atoms with Crippen LogP contribution in [0.2, 0.25) is 0 Å². The van der Waals surface area contributed by atoms with E-state index in [1.54, 1.807) is 12.1 Å². The highest BCUT2D eigenvalue weighted by Crippen LogP contribution is 2.21. The van der Waals surface area contributed by atoms with Gasteiger partial charge in [-0.05, 0) is 18.4 Å². The van der Waals surface area contributed by atoms with Gasteiger partial charge in [-0.3, -0.25) is 5.32 Å². The van der Waals surface area contributed by atoms with Crippen molar-refractivity contribution < 1.29 is 13.5 Å². The Morgan fingerprint density at radius 3 is 2.53 bits per heavy atom. The average Bonchev–Trinajstić information content (AvgIpc) is 2.93. The first kappa shape index (κ1) is 13.9. The van der Waals surface area contributed by atoms with Crippen LogP contribution in [-0.2, 0) is 4.74 Å². The van der Waals surface area contributed by atoms with Crippen LogP contribution in [0.25, 0.3) is 0 Å². The predicted octanol–water partition coefficient (Wildman–Crippen LogP) is 2.96. The van der Waals surface area contributed by atoms with Crippen LogP contribution in [0, 0.1) is 11.3 Å². The van der Waals surface area contributed by atoms with Gasteiger partial charge in [0.1, 0.15) is 6.04 Å². The molecule has 1 fully saturated rings. The quantitative estimate of drug-likeness (QED) is 0.891. The number of halogens is 2. The van der Waals surface area contributed by atoms with Crippen LogP contribution < -0.4 is 5.32 Å². The van der Waals surface area contributed by atoms with E-state index >= 15 is 0 Å². The van der Waals surface area contributed by atoms with Crippen molar-refractivity contribution in [2.45, 2.75) is 31.4 Å². The molecule has 2 atom stereocenters. The molecule has 0 aliphatic carbocycles. The van der Waals surface area contributed by atoms with E-state index in [9.17, 15) is 8.78 Å². The number of benzene rings is 1. The van der Waals surface area contributed by atoms with Gasteiger partial charge in [-0.2, -0.15) is 5.26 Å². The third kappa shape index (κ3) is 3.72. The van der Waals surface area contributed by atoms with Gasteiger partial charge >= 0.3 is 0 Å². The third-order valence-corrected chi connectivity index (χ3v) is 3.22. The second-order valence-corrected chi connectivity index (χ2v) is 4.57. The van der Waals surface area contributed by atoms with E-state index < -0.39 is 12.5 Å². The van der Waals surface area contributed by atoms with Crippen molar-refractivity contribution in [3.63, 3.8) is 0 Å². The molecule has 1 aromatic carbocycles. The van der Waals surface area contributed by atoms with Crippen LogP contribution in [0.3, 0.4) is 0 Å². The van der Waals surface area contributed by atoms with Gasteiger partial charge in [-0.1, -0.05) is 24.3 Å². The second-order valence-electron chi connectivity index (χ2n) is 4.57. The summed E-state index contributed by atoms with van der Waals surface area (Å²) in [4.78, 5) is 0. The maximum Gasteiger partial charge on any atom is 0.263 e. The lowest BCUT2D eigenvalue weighted by Gasteiger charge is -2.15. The molecule has 0 bridgehead atoms. The van der Waals surface area contributed by atoms with Gasteiger partial charge < -0.3 is 4.74 Å². The minimum atomic E-state index is -2.48. The number of ether oxygens (including phenoxy) is 1. The van der Waals surface area contributed by atoms with E-state index in [1.165, 1.54) is 12.1 Å². The van der Waals surface area contributed by atoms with Gasteiger partial charge in [0.05, 0.1) is 12.2 Å². The Balaban J connectivity index is 1.94. The van der Waals surface area contributed by atoms with Crippen molar-refractivity contribution in [2.24, 2.45) is 0 Å². The summed E-state index contributed by atoms with van der Waals surface area (Å²) in [5.41, 5.74) is 0.671. The molecule has 0 saturated carbocycles. The Hall–Kier alpha value is -1.51. The molecule has 102 valence electrons. The SMILES string of the molecule is N#CC(NCC1CCCO1)c1ccc(C(F)F)cc1. The zero-order chi connectivity index (χ0) is 13.7. The highest BCUT2D eigenvalue weighted by molar-refractivity contribution is 5.28. The summed E-state index contributed by atoms with van der Waals surface area (Å²) in [5.74, 6) is 0. The summed E-state index contributed by atoms with van der Waals surface area (Å²) in [6.45, 7) is 1.38. The number of nitriles is 1. The number of nitrogens with zero attached hydrogens (tertiary/aromatic N) is 1. The smallest absolute Gasteiger partial charge is 0.263 e. The Morgan fingerprint density at radius 1 is 1.32 bits per heavy atom. The van der Waals surface area contributed by atoms with E-state index in [0.29, 0.717) is 12.1 Å². The maximum absolute atomic E-state index is 12.4.